The Labute approximate surface area is 194 Å². The highest BCUT2D eigenvalue weighted by atomic mass is 16.7. The van der Waals surface area contributed by atoms with Crippen LogP contribution in [0.3, 0.4) is 0 Å². The van der Waals surface area contributed by atoms with E-state index >= 15 is 0 Å². The summed E-state index contributed by atoms with van der Waals surface area (Å²) in [6.07, 6.45) is -4.69. The lowest BCUT2D eigenvalue weighted by atomic mass is 9.80. The normalized spacial score (nSPS) is 25.6. The van der Waals surface area contributed by atoms with E-state index in [1.165, 1.54) is 14.2 Å². The molecular weight excluding hydrogens is 420 g/mol. The molecule has 0 amide bonds. The second-order valence-corrected chi connectivity index (χ2v) is 8.05. The number of hydrogen-bond acceptors (Lipinski definition) is 6. The highest BCUT2D eigenvalue weighted by Crippen LogP contribution is 2.41. The Kier molecular flexibility index (Phi) is 7.55. The van der Waals surface area contributed by atoms with E-state index in [-0.39, 0.29) is 6.61 Å². The van der Waals surface area contributed by atoms with Crippen molar-refractivity contribution < 1.29 is 29.2 Å². The number of aliphatic hydroxyl groups excluding tert-OH is 2. The SMILES string of the molecule is CO[C@@H]1[C@@H](O)[C@H](O)O[C@H](COC(c2ccccc2)(c2ccccc2)c2ccccc2)[C@H]1OC. The number of ether oxygens (including phenoxy) is 4. The topological polar surface area (TPSA) is 77.4 Å². The smallest absolute Gasteiger partial charge is 0.184 e. The molecule has 6 heteroatoms. The fraction of sp³-hybridized carbons (Fsp3) is 0.333. The molecule has 0 aromatic heterocycles. The zero-order valence-corrected chi connectivity index (χ0v) is 18.8. The Morgan fingerprint density at radius 2 is 1.12 bits per heavy atom. The maximum Gasteiger partial charge on any atom is 0.184 e. The predicted molar refractivity (Wildman–Crippen MR) is 124 cm³/mol. The first-order valence-electron chi connectivity index (χ1n) is 11.0. The van der Waals surface area contributed by atoms with Gasteiger partial charge in [0.25, 0.3) is 0 Å². The summed E-state index contributed by atoms with van der Waals surface area (Å²) in [5, 5.41) is 20.6. The van der Waals surface area contributed by atoms with Gasteiger partial charge in [-0.3, -0.25) is 0 Å². The fourth-order valence-electron chi connectivity index (χ4n) is 4.57. The van der Waals surface area contributed by atoms with E-state index in [0.29, 0.717) is 0 Å². The highest BCUT2D eigenvalue weighted by molar-refractivity contribution is 5.47. The molecule has 3 aromatic carbocycles. The van der Waals surface area contributed by atoms with Crippen molar-refractivity contribution in [1.29, 1.82) is 0 Å². The van der Waals surface area contributed by atoms with Crippen molar-refractivity contribution in [3.8, 4) is 0 Å². The summed E-state index contributed by atoms with van der Waals surface area (Å²) in [7, 11) is 2.99. The molecule has 0 bridgehead atoms. The lowest BCUT2D eigenvalue weighted by Crippen LogP contribution is -2.60. The van der Waals surface area contributed by atoms with Crippen LogP contribution in [0.5, 0.6) is 0 Å². The minimum Gasteiger partial charge on any atom is -0.385 e. The standard InChI is InChI=1S/C27H30O6/c1-30-24-22(33-26(29)23(28)25(24)31-2)18-32-27(19-12-6-3-7-13-19,20-14-8-4-9-15-20)21-16-10-5-11-17-21/h3-17,22-26,28-29H,18H2,1-2H3/t22-,23-,24-,25-,26-/m1/s1. The van der Waals surface area contributed by atoms with Crippen LogP contribution in [0, 0.1) is 0 Å². The summed E-state index contributed by atoms with van der Waals surface area (Å²) in [5.41, 5.74) is 1.93. The second kappa shape index (κ2) is 10.6. The molecule has 1 saturated heterocycles. The van der Waals surface area contributed by atoms with Crippen LogP contribution in [0.2, 0.25) is 0 Å². The summed E-state index contributed by atoms with van der Waals surface area (Å²) in [4.78, 5) is 0. The average Bonchev–Trinajstić information content (AvgIpc) is 2.88. The van der Waals surface area contributed by atoms with Gasteiger partial charge in [0.15, 0.2) is 6.29 Å². The summed E-state index contributed by atoms with van der Waals surface area (Å²) in [6, 6.07) is 30.0. The Balaban J connectivity index is 1.78. The Hall–Kier alpha value is -2.58. The number of aliphatic hydroxyl groups is 2. The molecule has 0 aliphatic carbocycles. The van der Waals surface area contributed by atoms with E-state index in [4.69, 9.17) is 18.9 Å². The van der Waals surface area contributed by atoms with E-state index in [0.717, 1.165) is 16.7 Å². The Morgan fingerprint density at radius 3 is 1.52 bits per heavy atom. The first-order chi connectivity index (χ1) is 16.1. The summed E-state index contributed by atoms with van der Waals surface area (Å²) in [6.45, 7) is 0.0842. The summed E-state index contributed by atoms with van der Waals surface area (Å²) < 4.78 is 23.5. The van der Waals surface area contributed by atoms with Crippen molar-refractivity contribution in [1.82, 2.24) is 0 Å². The molecule has 33 heavy (non-hydrogen) atoms. The summed E-state index contributed by atoms with van der Waals surface area (Å²) >= 11 is 0. The molecule has 3 aromatic rings. The molecule has 6 nitrogen and oxygen atoms in total. The van der Waals surface area contributed by atoms with Crippen molar-refractivity contribution >= 4 is 0 Å². The van der Waals surface area contributed by atoms with Crippen LogP contribution in [0.1, 0.15) is 16.7 Å². The van der Waals surface area contributed by atoms with Crippen LogP contribution in [0.25, 0.3) is 0 Å². The van der Waals surface area contributed by atoms with Crippen LogP contribution >= 0.6 is 0 Å². The maximum atomic E-state index is 10.3. The number of benzene rings is 3. The molecule has 174 valence electrons. The molecule has 4 rings (SSSR count). The van der Waals surface area contributed by atoms with Crippen LogP contribution in [-0.4, -0.2) is 61.7 Å². The van der Waals surface area contributed by atoms with Crippen LogP contribution in [-0.2, 0) is 24.5 Å². The van der Waals surface area contributed by atoms with Gasteiger partial charge in [-0.25, -0.2) is 0 Å². The average molecular weight is 451 g/mol. The first kappa shape index (κ1) is 23.6. The molecule has 0 spiro atoms. The minimum atomic E-state index is -1.41. The number of methoxy groups -OCH3 is 2. The summed E-state index contributed by atoms with van der Waals surface area (Å²) in [5.74, 6) is 0. The number of rotatable bonds is 8. The molecule has 2 N–H and O–H groups in total. The third-order valence-corrected chi connectivity index (χ3v) is 6.18. The molecule has 5 atom stereocenters. The lowest BCUT2D eigenvalue weighted by Gasteiger charge is -2.43. The van der Waals surface area contributed by atoms with E-state index in [2.05, 4.69) is 0 Å². The van der Waals surface area contributed by atoms with Gasteiger partial charge in [-0.15, -0.1) is 0 Å². The predicted octanol–water partition coefficient (Wildman–Crippen LogP) is 3.10. The minimum absolute atomic E-state index is 0.0842. The van der Waals surface area contributed by atoms with Gasteiger partial charge in [-0.2, -0.15) is 0 Å². The van der Waals surface area contributed by atoms with E-state index < -0.39 is 36.3 Å². The largest absolute Gasteiger partial charge is 0.385 e. The van der Waals surface area contributed by atoms with Gasteiger partial charge in [0.1, 0.15) is 30.0 Å². The zero-order valence-electron chi connectivity index (χ0n) is 18.8. The zero-order chi connectivity index (χ0) is 23.3. The molecule has 0 saturated carbocycles. The van der Waals surface area contributed by atoms with Gasteiger partial charge >= 0.3 is 0 Å². The molecular formula is C27H30O6. The maximum absolute atomic E-state index is 10.3. The first-order valence-corrected chi connectivity index (χ1v) is 11.0. The second-order valence-electron chi connectivity index (χ2n) is 8.05. The monoisotopic (exact) mass is 450 g/mol. The molecule has 1 heterocycles. The van der Waals surface area contributed by atoms with Gasteiger partial charge < -0.3 is 29.2 Å². The van der Waals surface area contributed by atoms with Gasteiger partial charge in [0.05, 0.1) is 6.61 Å². The van der Waals surface area contributed by atoms with Crippen molar-refractivity contribution in [3.05, 3.63) is 108 Å². The van der Waals surface area contributed by atoms with Crippen LogP contribution in [0.4, 0.5) is 0 Å². The molecule has 1 aliphatic rings. The third-order valence-electron chi connectivity index (χ3n) is 6.18. The molecule has 1 fully saturated rings. The van der Waals surface area contributed by atoms with Crippen LogP contribution in [0.15, 0.2) is 91.0 Å². The van der Waals surface area contributed by atoms with E-state index in [1.807, 2.05) is 91.0 Å². The van der Waals surface area contributed by atoms with Crippen LogP contribution < -0.4 is 0 Å². The quantitative estimate of drug-likeness (QED) is 0.514. The van der Waals surface area contributed by atoms with Gasteiger partial charge in [0, 0.05) is 14.2 Å². The molecule has 1 aliphatic heterocycles. The van der Waals surface area contributed by atoms with Crippen molar-refractivity contribution in [3.63, 3.8) is 0 Å². The van der Waals surface area contributed by atoms with Crippen molar-refractivity contribution in [2.24, 2.45) is 0 Å². The highest BCUT2D eigenvalue weighted by Gasteiger charge is 2.47. The fourth-order valence-corrected chi connectivity index (χ4v) is 4.57. The Morgan fingerprint density at radius 1 is 0.697 bits per heavy atom. The number of hydrogen-bond donors (Lipinski definition) is 2. The molecule has 0 unspecified atom stereocenters. The van der Waals surface area contributed by atoms with Crippen molar-refractivity contribution in [2.75, 3.05) is 20.8 Å². The van der Waals surface area contributed by atoms with Gasteiger partial charge in [0.2, 0.25) is 0 Å². The van der Waals surface area contributed by atoms with E-state index in [1.54, 1.807) is 0 Å². The lowest BCUT2D eigenvalue weighted by molar-refractivity contribution is -0.299. The van der Waals surface area contributed by atoms with Crippen molar-refractivity contribution in [2.45, 2.75) is 36.3 Å². The third kappa shape index (κ3) is 4.59. The van der Waals surface area contributed by atoms with E-state index in [9.17, 15) is 10.2 Å². The Bertz CT molecular complexity index is 885. The van der Waals surface area contributed by atoms with Gasteiger partial charge in [-0.1, -0.05) is 91.0 Å². The molecule has 0 radical (unpaired) electrons. The van der Waals surface area contributed by atoms with Gasteiger partial charge in [-0.05, 0) is 16.7 Å².